The number of nitrogens with one attached hydrogen (secondary N) is 4. The average Bonchev–Trinajstić information content (AvgIpc) is 3.05. The molecule has 10 heteroatoms. The van der Waals surface area contributed by atoms with Crippen molar-refractivity contribution in [3.05, 3.63) is 12.2 Å². The molecule has 0 atom stereocenters. The van der Waals surface area contributed by atoms with E-state index >= 15 is 0 Å². The Morgan fingerprint density at radius 3 is 1.97 bits per heavy atom. The Kier molecular flexibility index (Phi) is 12.9. The summed E-state index contributed by atoms with van der Waals surface area (Å²) in [4.78, 5) is 50.7. The van der Waals surface area contributed by atoms with Crippen molar-refractivity contribution in [3.8, 4) is 0 Å². The van der Waals surface area contributed by atoms with Gasteiger partial charge in [0, 0.05) is 56.2 Å². The minimum Gasteiger partial charge on any atom is -0.302 e. The van der Waals surface area contributed by atoms with E-state index in [1.54, 1.807) is 0 Å². The van der Waals surface area contributed by atoms with Gasteiger partial charge in [-0.2, -0.15) is 0 Å². The van der Waals surface area contributed by atoms with Gasteiger partial charge in [-0.15, -0.1) is 0 Å². The first-order valence-electron chi connectivity index (χ1n) is 11.8. The Bertz CT molecular complexity index is 669. The first-order chi connectivity index (χ1) is 15.5. The molecule has 0 saturated carbocycles. The van der Waals surface area contributed by atoms with Gasteiger partial charge in [0.2, 0.25) is 11.8 Å². The first kappa shape index (κ1) is 28.7. The van der Waals surface area contributed by atoms with Crippen molar-refractivity contribution in [2.24, 2.45) is 0 Å². The van der Waals surface area contributed by atoms with Crippen LogP contribution in [0.1, 0.15) is 73.1 Å². The lowest BCUT2D eigenvalue weighted by atomic mass is 10.1. The highest BCUT2D eigenvalue weighted by atomic mass is 16.2. The number of amides is 4. The van der Waals surface area contributed by atoms with Gasteiger partial charge in [0.1, 0.15) is 0 Å². The van der Waals surface area contributed by atoms with Gasteiger partial charge in [-0.25, -0.2) is 10.9 Å². The van der Waals surface area contributed by atoms with Crippen LogP contribution in [0, 0.1) is 0 Å². The van der Waals surface area contributed by atoms with E-state index in [-0.39, 0.29) is 35.2 Å². The fourth-order valence-corrected chi connectivity index (χ4v) is 3.07. The SMILES string of the molecule is CC(C)NNC(=O)CCN(CCCCCCN1C(=O)C=CC1=O)CCC(=O)NNC(C)(C)C. The fourth-order valence-electron chi connectivity index (χ4n) is 3.07. The molecule has 10 nitrogen and oxygen atoms in total. The van der Waals surface area contributed by atoms with E-state index in [1.807, 2.05) is 34.6 Å². The molecule has 0 fully saturated rings. The molecule has 0 radical (unpaired) electrons. The zero-order valence-corrected chi connectivity index (χ0v) is 20.8. The Hall–Kier alpha value is -2.30. The minimum atomic E-state index is -0.240. The highest BCUT2D eigenvalue weighted by molar-refractivity contribution is 6.12. The molecule has 0 aromatic carbocycles. The van der Waals surface area contributed by atoms with E-state index < -0.39 is 0 Å². The van der Waals surface area contributed by atoms with Gasteiger partial charge in [-0.05, 0) is 54.0 Å². The summed E-state index contributed by atoms with van der Waals surface area (Å²) < 4.78 is 0. The lowest BCUT2D eigenvalue weighted by Gasteiger charge is -2.24. The van der Waals surface area contributed by atoms with Crippen LogP contribution in [0.3, 0.4) is 0 Å². The molecule has 1 aliphatic heterocycles. The van der Waals surface area contributed by atoms with Crippen LogP contribution in [-0.2, 0) is 19.2 Å². The number of rotatable bonds is 16. The summed E-state index contributed by atoms with van der Waals surface area (Å²) in [5, 5.41) is 0. The zero-order chi connectivity index (χ0) is 24.9. The number of nitrogens with zero attached hydrogens (tertiary/aromatic N) is 2. The van der Waals surface area contributed by atoms with Crippen molar-refractivity contribution in [1.82, 2.24) is 31.5 Å². The summed E-state index contributed by atoms with van der Waals surface area (Å²) in [5.41, 5.74) is 11.1. The van der Waals surface area contributed by atoms with Crippen LogP contribution in [0.15, 0.2) is 12.2 Å². The van der Waals surface area contributed by atoms with Crippen molar-refractivity contribution in [3.63, 3.8) is 0 Å². The first-order valence-corrected chi connectivity index (χ1v) is 11.8. The molecule has 1 rings (SSSR count). The smallest absolute Gasteiger partial charge is 0.253 e. The molecule has 0 saturated heterocycles. The van der Waals surface area contributed by atoms with E-state index in [0.717, 1.165) is 32.2 Å². The molecule has 0 aliphatic carbocycles. The van der Waals surface area contributed by atoms with Gasteiger partial charge in [0.05, 0.1) is 0 Å². The Morgan fingerprint density at radius 1 is 0.879 bits per heavy atom. The Morgan fingerprint density at radius 2 is 1.42 bits per heavy atom. The molecular weight excluding hydrogens is 424 g/mol. The Labute approximate surface area is 197 Å². The minimum absolute atomic E-state index is 0.0823. The van der Waals surface area contributed by atoms with Crippen LogP contribution in [0.2, 0.25) is 0 Å². The quantitative estimate of drug-likeness (QED) is 0.152. The Balaban J connectivity index is 2.36. The zero-order valence-electron chi connectivity index (χ0n) is 20.8. The molecule has 1 heterocycles. The van der Waals surface area contributed by atoms with Crippen molar-refractivity contribution in [2.45, 2.75) is 84.7 Å². The number of imide groups is 1. The lowest BCUT2D eigenvalue weighted by molar-refractivity contribution is -0.137. The van der Waals surface area contributed by atoms with Gasteiger partial charge >= 0.3 is 0 Å². The van der Waals surface area contributed by atoms with Gasteiger partial charge < -0.3 is 4.90 Å². The van der Waals surface area contributed by atoms with E-state index in [1.165, 1.54) is 17.1 Å². The fraction of sp³-hybridized carbons (Fsp3) is 0.739. The third kappa shape index (κ3) is 13.8. The van der Waals surface area contributed by atoms with E-state index in [2.05, 4.69) is 26.6 Å². The number of hydrogen-bond acceptors (Lipinski definition) is 7. The number of carbonyl (C=O) groups is 4. The molecule has 4 amide bonds. The molecule has 0 aromatic heterocycles. The summed E-state index contributed by atoms with van der Waals surface area (Å²) in [6.07, 6.45) is 6.81. The molecule has 0 spiro atoms. The van der Waals surface area contributed by atoms with Crippen LogP contribution in [0.25, 0.3) is 0 Å². The molecular formula is C23H42N6O4. The van der Waals surface area contributed by atoms with E-state index in [4.69, 9.17) is 0 Å². The predicted octanol–water partition coefficient (Wildman–Crippen LogP) is 1.00. The van der Waals surface area contributed by atoms with Gasteiger partial charge in [-0.1, -0.05) is 12.8 Å². The van der Waals surface area contributed by atoms with Crippen LogP contribution < -0.4 is 21.7 Å². The molecule has 33 heavy (non-hydrogen) atoms. The molecule has 0 aromatic rings. The molecule has 1 aliphatic rings. The van der Waals surface area contributed by atoms with Crippen molar-refractivity contribution in [1.29, 1.82) is 0 Å². The summed E-state index contributed by atoms with van der Waals surface area (Å²) in [7, 11) is 0. The van der Waals surface area contributed by atoms with Crippen LogP contribution in [0.5, 0.6) is 0 Å². The predicted molar refractivity (Wildman–Crippen MR) is 127 cm³/mol. The van der Waals surface area contributed by atoms with Crippen molar-refractivity contribution >= 4 is 23.6 Å². The van der Waals surface area contributed by atoms with Gasteiger partial charge in [-0.3, -0.25) is 34.9 Å². The van der Waals surface area contributed by atoms with Crippen LogP contribution in [0.4, 0.5) is 0 Å². The highest BCUT2D eigenvalue weighted by Gasteiger charge is 2.22. The average molecular weight is 467 g/mol. The third-order valence-corrected chi connectivity index (χ3v) is 4.89. The van der Waals surface area contributed by atoms with E-state index in [0.29, 0.717) is 32.5 Å². The molecule has 0 bridgehead atoms. The normalized spacial score (nSPS) is 14.0. The number of unbranched alkanes of at least 4 members (excludes halogenated alkanes) is 3. The van der Waals surface area contributed by atoms with Crippen LogP contribution >= 0.6 is 0 Å². The van der Waals surface area contributed by atoms with Crippen molar-refractivity contribution < 1.29 is 19.2 Å². The van der Waals surface area contributed by atoms with Crippen molar-refractivity contribution in [2.75, 3.05) is 26.2 Å². The standard InChI is InChI=1S/C23H42N6O4/c1-18(2)24-25-19(30)12-16-28(17-13-20(31)26-27-23(3,4)5)14-8-6-7-9-15-29-21(32)10-11-22(29)33/h10-11,18,24,27H,6-9,12-17H2,1-5H3,(H,25,30)(H,26,31). The number of hydrogen-bond donors (Lipinski definition) is 4. The summed E-state index contributed by atoms with van der Waals surface area (Å²) >= 11 is 0. The third-order valence-electron chi connectivity index (χ3n) is 4.89. The molecule has 4 N–H and O–H groups in total. The maximum atomic E-state index is 12.1. The second kappa shape index (κ2) is 14.8. The lowest BCUT2D eigenvalue weighted by Crippen LogP contribution is -2.49. The van der Waals surface area contributed by atoms with Gasteiger partial charge in [0.25, 0.3) is 11.8 Å². The summed E-state index contributed by atoms with van der Waals surface area (Å²) in [5.74, 6) is -0.651. The largest absolute Gasteiger partial charge is 0.302 e. The molecule has 0 unspecified atom stereocenters. The second-order valence-electron chi connectivity index (χ2n) is 9.69. The summed E-state index contributed by atoms with van der Waals surface area (Å²) in [6.45, 7) is 12.1. The number of hydrazine groups is 2. The highest BCUT2D eigenvalue weighted by Crippen LogP contribution is 2.09. The number of carbonyl (C=O) groups excluding carboxylic acids is 4. The monoisotopic (exact) mass is 466 g/mol. The topological polar surface area (TPSA) is 123 Å². The maximum absolute atomic E-state index is 12.1. The maximum Gasteiger partial charge on any atom is 0.253 e. The van der Waals surface area contributed by atoms with Gasteiger partial charge in [0.15, 0.2) is 0 Å². The summed E-state index contributed by atoms with van der Waals surface area (Å²) in [6, 6.07) is 0.158. The van der Waals surface area contributed by atoms with E-state index in [9.17, 15) is 19.2 Å². The second-order valence-corrected chi connectivity index (χ2v) is 9.69. The molecule has 188 valence electrons. The van der Waals surface area contributed by atoms with Crippen LogP contribution in [-0.4, -0.2) is 71.2 Å².